The molecular weight excluding hydrogens is 194 g/mol. The Hall–Kier alpha value is -1.10. The third-order valence-electron chi connectivity index (χ3n) is 2.55. The molecule has 0 spiro atoms. The van der Waals surface area contributed by atoms with Gasteiger partial charge in [-0.3, -0.25) is 10.1 Å². The first kappa shape index (κ1) is 12.0. The minimum absolute atomic E-state index is 0.158. The van der Waals surface area contributed by atoms with Crippen molar-refractivity contribution in [1.29, 1.82) is 0 Å². The van der Waals surface area contributed by atoms with Crippen LogP contribution in [0.2, 0.25) is 0 Å². The van der Waals surface area contributed by atoms with Crippen LogP contribution in [0.4, 0.5) is 4.79 Å². The zero-order valence-corrected chi connectivity index (χ0v) is 9.54. The van der Waals surface area contributed by atoms with Crippen molar-refractivity contribution < 1.29 is 9.59 Å². The number of hydrogen-bond acceptors (Lipinski definition) is 3. The Labute approximate surface area is 90.2 Å². The van der Waals surface area contributed by atoms with Gasteiger partial charge in [-0.2, -0.15) is 0 Å². The van der Waals surface area contributed by atoms with Crippen molar-refractivity contribution in [1.82, 2.24) is 15.5 Å². The van der Waals surface area contributed by atoms with E-state index in [0.717, 1.165) is 13.0 Å². The van der Waals surface area contributed by atoms with Crippen LogP contribution in [-0.2, 0) is 4.79 Å². The van der Waals surface area contributed by atoms with Crippen LogP contribution in [-0.4, -0.2) is 43.0 Å². The van der Waals surface area contributed by atoms with E-state index in [1.165, 1.54) is 0 Å². The molecule has 0 aromatic carbocycles. The molecule has 1 fully saturated rings. The van der Waals surface area contributed by atoms with E-state index in [1.54, 1.807) is 4.90 Å². The Bertz CT molecular complexity index is 253. The summed E-state index contributed by atoms with van der Waals surface area (Å²) in [6.07, 6.45) is 0.862. The molecular formula is C10H19N3O2. The Kier molecular flexibility index (Phi) is 4.08. The van der Waals surface area contributed by atoms with Gasteiger partial charge in [-0.25, -0.2) is 4.79 Å². The number of carbonyl (C=O) groups excluding carboxylic acids is 2. The van der Waals surface area contributed by atoms with Crippen LogP contribution < -0.4 is 10.6 Å². The molecule has 86 valence electrons. The molecule has 1 aliphatic heterocycles. The molecule has 1 rings (SSSR count). The van der Waals surface area contributed by atoms with Crippen molar-refractivity contribution >= 4 is 11.9 Å². The summed E-state index contributed by atoms with van der Waals surface area (Å²) in [5.74, 6) is -0.00880. The molecule has 1 heterocycles. The number of nitrogens with one attached hydrogen (secondary N) is 2. The highest BCUT2D eigenvalue weighted by atomic mass is 16.2. The molecule has 3 amide bonds. The van der Waals surface area contributed by atoms with Gasteiger partial charge in [0, 0.05) is 6.54 Å². The van der Waals surface area contributed by atoms with Crippen molar-refractivity contribution in [3.05, 3.63) is 0 Å². The van der Waals surface area contributed by atoms with Gasteiger partial charge in [0.05, 0.1) is 0 Å². The number of carbonyl (C=O) groups is 2. The predicted octanol–water partition coefficient (Wildman–Crippen LogP) is 0.172. The Balaban J connectivity index is 2.58. The van der Waals surface area contributed by atoms with Gasteiger partial charge < -0.3 is 10.2 Å². The van der Waals surface area contributed by atoms with Crippen LogP contribution in [0, 0.1) is 5.92 Å². The fraction of sp³-hybridized carbons (Fsp3) is 0.800. The van der Waals surface area contributed by atoms with Crippen molar-refractivity contribution in [3.8, 4) is 0 Å². The van der Waals surface area contributed by atoms with E-state index >= 15 is 0 Å². The average Bonchev–Trinajstić information content (AvgIpc) is 2.42. The van der Waals surface area contributed by atoms with Crippen LogP contribution in [0.5, 0.6) is 0 Å². The largest absolute Gasteiger partial charge is 0.324 e. The number of imide groups is 1. The first-order valence-electron chi connectivity index (χ1n) is 5.34. The highest BCUT2D eigenvalue weighted by Gasteiger charge is 2.39. The van der Waals surface area contributed by atoms with Gasteiger partial charge in [-0.05, 0) is 25.9 Å². The SMILES string of the molecule is CNCCCN1C(=O)NC(=O)C1C(C)C. The van der Waals surface area contributed by atoms with Crippen molar-refractivity contribution in [2.45, 2.75) is 26.3 Å². The summed E-state index contributed by atoms with van der Waals surface area (Å²) < 4.78 is 0. The van der Waals surface area contributed by atoms with Crippen LogP contribution >= 0.6 is 0 Å². The second-order valence-corrected chi connectivity index (χ2v) is 4.13. The maximum Gasteiger partial charge on any atom is 0.324 e. The van der Waals surface area contributed by atoms with Gasteiger partial charge >= 0.3 is 6.03 Å². The Morgan fingerprint density at radius 2 is 2.13 bits per heavy atom. The standard InChI is InChI=1S/C10H19N3O2/c1-7(2)8-9(14)12-10(15)13(8)6-4-5-11-3/h7-8,11H,4-6H2,1-3H3,(H,12,14,15). The molecule has 5 heteroatoms. The summed E-state index contributed by atoms with van der Waals surface area (Å²) in [6.45, 7) is 5.38. The lowest BCUT2D eigenvalue weighted by Crippen LogP contribution is -2.40. The van der Waals surface area contributed by atoms with Gasteiger partial charge in [0.1, 0.15) is 6.04 Å². The maximum atomic E-state index is 11.5. The summed E-state index contributed by atoms with van der Waals surface area (Å²) in [5.41, 5.74) is 0. The topological polar surface area (TPSA) is 61.4 Å². The third kappa shape index (κ3) is 2.68. The van der Waals surface area contributed by atoms with E-state index in [4.69, 9.17) is 0 Å². The molecule has 0 saturated carbocycles. The highest BCUT2D eigenvalue weighted by Crippen LogP contribution is 2.16. The normalized spacial score (nSPS) is 21.3. The number of amides is 3. The maximum absolute atomic E-state index is 11.5. The van der Waals surface area contributed by atoms with Gasteiger partial charge in [-0.15, -0.1) is 0 Å². The van der Waals surface area contributed by atoms with Crippen LogP contribution in [0.25, 0.3) is 0 Å². The molecule has 0 aliphatic carbocycles. The van der Waals surface area contributed by atoms with E-state index in [9.17, 15) is 9.59 Å². The molecule has 1 aliphatic rings. The lowest BCUT2D eigenvalue weighted by molar-refractivity contribution is -0.122. The smallest absolute Gasteiger partial charge is 0.320 e. The van der Waals surface area contributed by atoms with Crippen LogP contribution in [0.1, 0.15) is 20.3 Å². The minimum Gasteiger partial charge on any atom is -0.320 e. The molecule has 0 radical (unpaired) electrons. The first-order chi connectivity index (χ1) is 7.07. The fourth-order valence-corrected chi connectivity index (χ4v) is 1.85. The minimum atomic E-state index is -0.297. The molecule has 0 bridgehead atoms. The van der Waals surface area contributed by atoms with E-state index < -0.39 is 0 Å². The van der Waals surface area contributed by atoms with E-state index in [1.807, 2.05) is 20.9 Å². The second-order valence-electron chi connectivity index (χ2n) is 4.13. The zero-order chi connectivity index (χ0) is 11.4. The number of rotatable bonds is 5. The molecule has 1 unspecified atom stereocenters. The van der Waals surface area contributed by atoms with Gasteiger partial charge in [0.25, 0.3) is 5.91 Å². The molecule has 0 aromatic rings. The lowest BCUT2D eigenvalue weighted by atomic mass is 10.0. The monoisotopic (exact) mass is 213 g/mol. The van der Waals surface area contributed by atoms with Crippen molar-refractivity contribution in [3.63, 3.8) is 0 Å². The second kappa shape index (κ2) is 5.11. The molecule has 5 nitrogen and oxygen atoms in total. The summed E-state index contributed by atoms with van der Waals surface area (Å²) in [4.78, 5) is 24.6. The van der Waals surface area contributed by atoms with Gasteiger partial charge in [0.15, 0.2) is 0 Å². The molecule has 2 N–H and O–H groups in total. The quantitative estimate of drug-likeness (QED) is 0.505. The Morgan fingerprint density at radius 1 is 1.47 bits per heavy atom. The summed E-state index contributed by atoms with van der Waals surface area (Å²) in [6, 6.07) is -0.552. The van der Waals surface area contributed by atoms with E-state index in [-0.39, 0.29) is 23.9 Å². The molecule has 1 saturated heterocycles. The van der Waals surface area contributed by atoms with Crippen molar-refractivity contribution in [2.75, 3.05) is 20.1 Å². The molecule has 1 atom stereocenters. The van der Waals surface area contributed by atoms with E-state index in [2.05, 4.69) is 10.6 Å². The lowest BCUT2D eigenvalue weighted by Gasteiger charge is -2.24. The number of urea groups is 1. The average molecular weight is 213 g/mol. The zero-order valence-electron chi connectivity index (χ0n) is 9.54. The molecule has 0 aromatic heterocycles. The third-order valence-corrected chi connectivity index (χ3v) is 2.55. The van der Waals surface area contributed by atoms with Crippen LogP contribution in [0.15, 0.2) is 0 Å². The number of hydrogen-bond donors (Lipinski definition) is 2. The molecule has 15 heavy (non-hydrogen) atoms. The summed E-state index contributed by atoms with van der Waals surface area (Å²) >= 11 is 0. The van der Waals surface area contributed by atoms with Crippen molar-refractivity contribution in [2.24, 2.45) is 5.92 Å². The number of nitrogens with zero attached hydrogens (tertiary/aromatic N) is 1. The van der Waals surface area contributed by atoms with Gasteiger partial charge in [0.2, 0.25) is 0 Å². The predicted molar refractivity (Wildman–Crippen MR) is 57.4 cm³/mol. The Morgan fingerprint density at radius 3 is 2.67 bits per heavy atom. The van der Waals surface area contributed by atoms with E-state index in [0.29, 0.717) is 6.54 Å². The summed E-state index contributed by atoms with van der Waals surface area (Å²) in [7, 11) is 1.87. The fourth-order valence-electron chi connectivity index (χ4n) is 1.85. The summed E-state index contributed by atoms with van der Waals surface area (Å²) in [5, 5.41) is 5.37. The van der Waals surface area contributed by atoms with Gasteiger partial charge in [-0.1, -0.05) is 13.8 Å². The van der Waals surface area contributed by atoms with Crippen LogP contribution in [0.3, 0.4) is 0 Å². The highest BCUT2D eigenvalue weighted by molar-refractivity contribution is 6.04. The first-order valence-corrected chi connectivity index (χ1v) is 5.34.